The number of benzene rings is 1. The van der Waals surface area contributed by atoms with Crippen LogP contribution in [0.3, 0.4) is 0 Å². The minimum absolute atomic E-state index is 0.160. The molecular weight excluding hydrogens is 336 g/mol. The maximum atomic E-state index is 13.1. The van der Waals surface area contributed by atoms with Crippen molar-refractivity contribution in [2.75, 3.05) is 19.7 Å². The SMILES string of the molecule is CC(C)CN(CC(F)(F)F)C(=O)COc1cc(F)ccc1[N+](=O)[O-]. The lowest BCUT2D eigenvalue weighted by atomic mass is 10.2. The molecule has 0 spiro atoms. The van der Waals surface area contributed by atoms with Gasteiger partial charge in [0.2, 0.25) is 5.75 Å². The van der Waals surface area contributed by atoms with Crippen LogP contribution in [-0.4, -0.2) is 41.6 Å². The van der Waals surface area contributed by atoms with Gasteiger partial charge in [-0.05, 0) is 12.0 Å². The van der Waals surface area contributed by atoms with Crippen molar-refractivity contribution >= 4 is 11.6 Å². The third-order valence-electron chi connectivity index (χ3n) is 2.78. The zero-order valence-corrected chi connectivity index (χ0v) is 13.0. The Balaban J connectivity index is 2.85. The fourth-order valence-corrected chi connectivity index (χ4v) is 1.90. The van der Waals surface area contributed by atoms with Gasteiger partial charge in [-0.3, -0.25) is 14.9 Å². The normalized spacial score (nSPS) is 11.5. The molecule has 1 aromatic rings. The number of nitro benzene ring substituents is 1. The summed E-state index contributed by atoms with van der Waals surface area (Å²) in [7, 11) is 0. The zero-order valence-electron chi connectivity index (χ0n) is 13.0. The first-order chi connectivity index (χ1) is 11.0. The molecule has 6 nitrogen and oxygen atoms in total. The monoisotopic (exact) mass is 352 g/mol. The fraction of sp³-hybridized carbons (Fsp3) is 0.500. The number of hydrogen-bond donors (Lipinski definition) is 0. The van der Waals surface area contributed by atoms with E-state index in [9.17, 15) is 32.5 Å². The van der Waals surface area contributed by atoms with E-state index < -0.39 is 47.4 Å². The number of ether oxygens (including phenoxy) is 1. The summed E-state index contributed by atoms with van der Waals surface area (Å²) in [6.07, 6.45) is -4.59. The molecule has 1 aromatic carbocycles. The van der Waals surface area contributed by atoms with Crippen LogP contribution in [0.1, 0.15) is 13.8 Å². The number of alkyl halides is 3. The Kier molecular flexibility index (Phi) is 6.50. The molecule has 0 atom stereocenters. The molecule has 10 heteroatoms. The number of rotatable bonds is 7. The van der Waals surface area contributed by atoms with Crippen molar-refractivity contribution in [3.05, 3.63) is 34.1 Å². The van der Waals surface area contributed by atoms with Crippen LogP contribution in [0.25, 0.3) is 0 Å². The highest BCUT2D eigenvalue weighted by molar-refractivity contribution is 5.78. The summed E-state index contributed by atoms with van der Waals surface area (Å²) < 4.78 is 55.6. The predicted octanol–water partition coefficient (Wildman–Crippen LogP) is 3.16. The second-order valence-corrected chi connectivity index (χ2v) is 5.44. The molecule has 0 radical (unpaired) electrons. The van der Waals surface area contributed by atoms with E-state index in [2.05, 4.69) is 0 Å². The van der Waals surface area contributed by atoms with E-state index in [0.29, 0.717) is 11.0 Å². The lowest BCUT2D eigenvalue weighted by Crippen LogP contribution is -2.43. The van der Waals surface area contributed by atoms with Gasteiger partial charge < -0.3 is 9.64 Å². The first kappa shape index (κ1) is 19.7. The molecule has 1 amide bonds. The van der Waals surface area contributed by atoms with Crippen LogP contribution < -0.4 is 4.74 Å². The van der Waals surface area contributed by atoms with E-state index in [-0.39, 0.29) is 12.5 Å². The van der Waals surface area contributed by atoms with Gasteiger partial charge in [0, 0.05) is 18.7 Å². The van der Waals surface area contributed by atoms with Gasteiger partial charge in [0.05, 0.1) is 4.92 Å². The number of carbonyl (C=O) groups excluding carboxylic acids is 1. The molecule has 0 bridgehead atoms. The van der Waals surface area contributed by atoms with Crippen molar-refractivity contribution in [2.24, 2.45) is 5.92 Å². The van der Waals surface area contributed by atoms with Crippen molar-refractivity contribution in [1.82, 2.24) is 4.90 Å². The molecule has 0 saturated heterocycles. The van der Waals surface area contributed by atoms with Gasteiger partial charge in [-0.25, -0.2) is 4.39 Å². The molecule has 1 rings (SSSR count). The van der Waals surface area contributed by atoms with Crippen LogP contribution in [0.15, 0.2) is 18.2 Å². The number of hydrogen-bond acceptors (Lipinski definition) is 4. The Hall–Kier alpha value is -2.39. The maximum absolute atomic E-state index is 13.1. The molecule has 134 valence electrons. The molecule has 0 unspecified atom stereocenters. The summed E-state index contributed by atoms with van der Waals surface area (Å²) in [5, 5.41) is 10.8. The van der Waals surface area contributed by atoms with Crippen LogP contribution in [0.4, 0.5) is 23.2 Å². The highest BCUT2D eigenvalue weighted by atomic mass is 19.4. The second-order valence-electron chi connectivity index (χ2n) is 5.44. The predicted molar refractivity (Wildman–Crippen MR) is 76.0 cm³/mol. The topological polar surface area (TPSA) is 72.7 Å². The first-order valence-electron chi connectivity index (χ1n) is 6.91. The van der Waals surface area contributed by atoms with Gasteiger partial charge in [0.15, 0.2) is 6.61 Å². The van der Waals surface area contributed by atoms with E-state index in [1.54, 1.807) is 13.8 Å². The van der Waals surface area contributed by atoms with Crippen LogP contribution >= 0.6 is 0 Å². The van der Waals surface area contributed by atoms with Gasteiger partial charge in [0.25, 0.3) is 5.91 Å². The maximum Gasteiger partial charge on any atom is 0.406 e. The fourth-order valence-electron chi connectivity index (χ4n) is 1.90. The van der Waals surface area contributed by atoms with Crippen molar-refractivity contribution < 1.29 is 32.0 Å². The minimum Gasteiger partial charge on any atom is -0.477 e. The van der Waals surface area contributed by atoms with Gasteiger partial charge in [-0.2, -0.15) is 13.2 Å². The largest absolute Gasteiger partial charge is 0.477 e. The third kappa shape index (κ3) is 6.39. The van der Waals surface area contributed by atoms with Crippen molar-refractivity contribution in [1.29, 1.82) is 0 Å². The van der Waals surface area contributed by atoms with Gasteiger partial charge in [0.1, 0.15) is 12.4 Å². The van der Waals surface area contributed by atoms with E-state index in [1.165, 1.54) is 0 Å². The van der Waals surface area contributed by atoms with Gasteiger partial charge in [-0.1, -0.05) is 13.8 Å². The summed E-state index contributed by atoms with van der Waals surface area (Å²) in [6.45, 7) is 0.780. The summed E-state index contributed by atoms with van der Waals surface area (Å²) in [6, 6.07) is 2.38. The van der Waals surface area contributed by atoms with Crippen LogP contribution in [0.2, 0.25) is 0 Å². The number of nitro groups is 1. The van der Waals surface area contributed by atoms with Crippen LogP contribution in [-0.2, 0) is 4.79 Å². The Morgan fingerprint density at radius 2 is 2.00 bits per heavy atom. The molecule has 0 aliphatic rings. The molecule has 0 aliphatic heterocycles. The number of nitrogens with zero attached hydrogens (tertiary/aromatic N) is 2. The van der Waals surface area contributed by atoms with Crippen molar-refractivity contribution in [3.8, 4) is 5.75 Å². The average Bonchev–Trinajstić information content (AvgIpc) is 2.41. The van der Waals surface area contributed by atoms with Gasteiger partial charge >= 0.3 is 11.9 Å². The standard InChI is InChI=1S/C14H16F4N2O4/c1-9(2)6-19(8-14(16,17)18)13(21)7-24-12-5-10(15)3-4-11(12)20(22)23/h3-5,9H,6-8H2,1-2H3. The zero-order chi connectivity index (χ0) is 18.5. The summed E-state index contributed by atoms with van der Waals surface area (Å²) in [5.74, 6) is -2.58. The Labute approximate surface area is 135 Å². The number of carbonyl (C=O) groups is 1. The lowest BCUT2D eigenvalue weighted by Gasteiger charge is -2.25. The summed E-state index contributed by atoms with van der Waals surface area (Å²) in [4.78, 5) is 22.4. The molecular formula is C14H16F4N2O4. The molecule has 0 aliphatic carbocycles. The highest BCUT2D eigenvalue weighted by Gasteiger charge is 2.33. The lowest BCUT2D eigenvalue weighted by molar-refractivity contribution is -0.385. The molecule has 24 heavy (non-hydrogen) atoms. The first-order valence-corrected chi connectivity index (χ1v) is 6.91. The molecule has 0 aromatic heterocycles. The minimum atomic E-state index is -4.59. The van der Waals surface area contributed by atoms with E-state index >= 15 is 0 Å². The molecule has 0 heterocycles. The molecule has 0 fully saturated rings. The molecule has 0 saturated carbocycles. The average molecular weight is 352 g/mol. The van der Waals surface area contributed by atoms with Gasteiger partial charge in [-0.15, -0.1) is 0 Å². The smallest absolute Gasteiger partial charge is 0.406 e. The van der Waals surface area contributed by atoms with E-state index in [0.717, 1.165) is 12.1 Å². The second kappa shape index (κ2) is 7.93. The van der Waals surface area contributed by atoms with Crippen LogP contribution in [0, 0.1) is 21.8 Å². The van der Waals surface area contributed by atoms with Crippen molar-refractivity contribution in [2.45, 2.75) is 20.0 Å². The molecule has 0 N–H and O–H groups in total. The number of amides is 1. The third-order valence-corrected chi connectivity index (χ3v) is 2.78. The van der Waals surface area contributed by atoms with E-state index in [1.807, 2.05) is 0 Å². The number of halogens is 4. The summed E-state index contributed by atoms with van der Waals surface area (Å²) >= 11 is 0. The van der Waals surface area contributed by atoms with Crippen LogP contribution in [0.5, 0.6) is 5.75 Å². The summed E-state index contributed by atoms with van der Waals surface area (Å²) in [5.41, 5.74) is -0.588. The van der Waals surface area contributed by atoms with E-state index in [4.69, 9.17) is 4.74 Å². The van der Waals surface area contributed by atoms with Crippen molar-refractivity contribution in [3.63, 3.8) is 0 Å². The Morgan fingerprint density at radius 3 is 2.50 bits per heavy atom. The Morgan fingerprint density at radius 1 is 1.38 bits per heavy atom. The quantitative estimate of drug-likeness (QED) is 0.429. The highest BCUT2D eigenvalue weighted by Crippen LogP contribution is 2.27. The Bertz CT molecular complexity index is 605.